The first-order chi connectivity index (χ1) is 9.90. The maximum Gasteiger partial charge on any atom is 0.229 e. The van der Waals surface area contributed by atoms with Gasteiger partial charge in [-0.1, -0.05) is 18.6 Å². The smallest absolute Gasteiger partial charge is 0.229 e. The van der Waals surface area contributed by atoms with E-state index >= 15 is 0 Å². The minimum atomic E-state index is -3.22. The molecule has 0 spiro atoms. The molecule has 3 rings (SSSR count). The zero-order valence-electron chi connectivity index (χ0n) is 12.7. The number of nitrogens with one attached hydrogen (secondary N) is 2. The standard InChI is InChI=1S/C16H24N2O2S/c1-11(17-16-9-12-6-7-14(16)8-12)13-4-3-5-15(10-13)18-21(2,19)20/h3-5,10-12,14,16-18H,6-9H2,1-2H3/t11-,12+,14+,16-/m1/s1. The van der Waals surface area contributed by atoms with Gasteiger partial charge in [0.2, 0.25) is 10.0 Å². The van der Waals surface area contributed by atoms with E-state index in [0.717, 1.165) is 17.4 Å². The number of anilines is 1. The minimum Gasteiger partial charge on any atom is -0.307 e. The third-order valence-electron chi connectivity index (χ3n) is 4.89. The molecule has 0 saturated heterocycles. The lowest BCUT2D eigenvalue weighted by molar-refractivity contribution is 0.327. The summed E-state index contributed by atoms with van der Waals surface area (Å²) in [5, 5.41) is 3.74. The van der Waals surface area contributed by atoms with Gasteiger partial charge >= 0.3 is 0 Å². The molecule has 0 aliphatic heterocycles. The molecule has 0 unspecified atom stereocenters. The van der Waals surface area contributed by atoms with Gasteiger partial charge in [-0.25, -0.2) is 8.42 Å². The van der Waals surface area contributed by atoms with E-state index in [1.807, 2.05) is 12.1 Å². The van der Waals surface area contributed by atoms with E-state index in [1.54, 1.807) is 6.07 Å². The van der Waals surface area contributed by atoms with Crippen LogP contribution in [0.2, 0.25) is 0 Å². The minimum absolute atomic E-state index is 0.246. The maximum atomic E-state index is 11.3. The number of fused-ring (bicyclic) bond motifs is 2. The van der Waals surface area contributed by atoms with Crippen molar-refractivity contribution in [2.45, 2.75) is 44.7 Å². The van der Waals surface area contributed by atoms with Gasteiger partial charge in [0.1, 0.15) is 0 Å². The number of rotatable bonds is 5. The van der Waals surface area contributed by atoms with Crippen LogP contribution in [0, 0.1) is 11.8 Å². The van der Waals surface area contributed by atoms with Gasteiger partial charge in [0.15, 0.2) is 0 Å². The Hall–Kier alpha value is -1.07. The molecule has 2 aliphatic rings. The van der Waals surface area contributed by atoms with E-state index < -0.39 is 10.0 Å². The molecule has 4 nitrogen and oxygen atoms in total. The highest BCUT2D eigenvalue weighted by molar-refractivity contribution is 7.92. The predicted octanol–water partition coefficient (Wildman–Crippen LogP) is 2.90. The first kappa shape index (κ1) is 14.9. The van der Waals surface area contributed by atoms with Gasteiger partial charge < -0.3 is 5.32 Å². The van der Waals surface area contributed by atoms with Crippen LogP contribution >= 0.6 is 0 Å². The quantitative estimate of drug-likeness (QED) is 0.879. The van der Waals surface area contributed by atoms with Gasteiger partial charge in [-0.2, -0.15) is 0 Å². The largest absolute Gasteiger partial charge is 0.307 e. The second-order valence-corrected chi connectivity index (χ2v) is 8.42. The Labute approximate surface area is 127 Å². The van der Waals surface area contributed by atoms with Crippen LogP contribution in [-0.2, 0) is 10.0 Å². The first-order valence-electron chi connectivity index (χ1n) is 7.74. The summed E-state index contributed by atoms with van der Waals surface area (Å²) in [6.07, 6.45) is 6.64. The van der Waals surface area contributed by atoms with Crippen LogP contribution in [-0.4, -0.2) is 20.7 Å². The highest BCUT2D eigenvalue weighted by atomic mass is 32.2. The molecule has 5 heteroatoms. The van der Waals surface area contributed by atoms with E-state index in [9.17, 15) is 8.42 Å². The topological polar surface area (TPSA) is 58.2 Å². The van der Waals surface area contributed by atoms with Crippen molar-refractivity contribution in [1.29, 1.82) is 0 Å². The zero-order chi connectivity index (χ0) is 15.0. The van der Waals surface area contributed by atoms with E-state index in [0.29, 0.717) is 11.7 Å². The Balaban J connectivity index is 1.67. The van der Waals surface area contributed by atoms with E-state index in [-0.39, 0.29) is 6.04 Å². The summed E-state index contributed by atoms with van der Waals surface area (Å²) in [6.45, 7) is 2.16. The summed E-state index contributed by atoms with van der Waals surface area (Å²) in [6, 6.07) is 8.54. The Morgan fingerprint density at radius 2 is 2.05 bits per heavy atom. The molecular weight excluding hydrogens is 284 g/mol. The fourth-order valence-electron chi connectivity index (χ4n) is 3.95. The molecule has 1 aromatic carbocycles. The van der Waals surface area contributed by atoms with Crippen molar-refractivity contribution in [3.05, 3.63) is 29.8 Å². The molecule has 2 fully saturated rings. The number of hydrogen-bond acceptors (Lipinski definition) is 3. The molecule has 116 valence electrons. The highest BCUT2D eigenvalue weighted by Gasteiger charge is 2.39. The van der Waals surface area contributed by atoms with Gasteiger partial charge in [-0.05, 0) is 55.7 Å². The van der Waals surface area contributed by atoms with Gasteiger partial charge in [0.05, 0.1) is 6.26 Å². The highest BCUT2D eigenvalue weighted by Crippen LogP contribution is 2.45. The van der Waals surface area contributed by atoms with Crippen LogP contribution in [0.3, 0.4) is 0 Å². The molecular formula is C16H24N2O2S. The summed E-state index contributed by atoms with van der Waals surface area (Å²) < 4.78 is 25.2. The van der Waals surface area contributed by atoms with E-state index in [1.165, 1.54) is 31.9 Å². The summed E-state index contributed by atoms with van der Waals surface area (Å²) in [4.78, 5) is 0. The van der Waals surface area contributed by atoms with Crippen molar-refractivity contribution >= 4 is 15.7 Å². The zero-order valence-corrected chi connectivity index (χ0v) is 13.5. The fraction of sp³-hybridized carbons (Fsp3) is 0.625. The number of benzene rings is 1. The Bertz CT molecular complexity index is 614. The second-order valence-electron chi connectivity index (χ2n) is 6.67. The van der Waals surface area contributed by atoms with Crippen molar-refractivity contribution in [2.24, 2.45) is 11.8 Å². The van der Waals surface area contributed by atoms with Crippen molar-refractivity contribution in [2.75, 3.05) is 11.0 Å². The van der Waals surface area contributed by atoms with Crippen molar-refractivity contribution in [3.63, 3.8) is 0 Å². The van der Waals surface area contributed by atoms with Crippen LogP contribution in [0.25, 0.3) is 0 Å². The molecule has 0 amide bonds. The van der Waals surface area contributed by atoms with Crippen molar-refractivity contribution in [3.8, 4) is 0 Å². The average Bonchev–Trinajstić information content (AvgIpc) is 2.99. The third kappa shape index (κ3) is 3.58. The van der Waals surface area contributed by atoms with Crippen LogP contribution in [0.4, 0.5) is 5.69 Å². The molecule has 2 N–H and O–H groups in total. The summed E-state index contributed by atoms with van der Waals surface area (Å²) in [7, 11) is -3.22. The van der Waals surface area contributed by atoms with Gasteiger partial charge in [0.25, 0.3) is 0 Å². The number of sulfonamides is 1. The first-order valence-corrected chi connectivity index (χ1v) is 9.63. The predicted molar refractivity (Wildman–Crippen MR) is 85.7 cm³/mol. The molecule has 0 heterocycles. The molecule has 21 heavy (non-hydrogen) atoms. The van der Waals surface area contributed by atoms with Gasteiger partial charge in [-0.15, -0.1) is 0 Å². The van der Waals surface area contributed by atoms with Gasteiger partial charge in [0, 0.05) is 17.8 Å². The molecule has 0 radical (unpaired) electrons. The molecule has 2 aliphatic carbocycles. The second kappa shape index (κ2) is 5.61. The Morgan fingerprint density at radius 1 is 1.24 bits per heavy atom. The summed E-state index contributed by atoms with van der Waals surface area (Å²) in [5.74, 6) is 1.77. The summed E-state index contributed by atoms with van der Waals surface area (Å²) >= 11 is 0. The monoisotopic (exact) mass is 308 g/mol. The summed E-state index contributed by atoms with van der Waals surface area (Å²) in [5.41, 5.74) is 1.77. The molecule has 2 saturated carbocycles. The van der Waals surface area contributed by atoms with Crippen LogP contribution in [0.1, 0.15) is 44.2 Å². The lowest BCUT2D eigenvalue weighted by Gasteiger charge is -2.27. The third-order valence-corrected chi connectivity index (χ3v) is 5.50. The average molecular weight is 308 g/mol. The van der Waals surface area contributed by atoms with E-state index in [4.69, 9.17) is 0 Å². The fourth-order valence-corrected chi connectivity index (χ4v) is 4.51. The van der Waals surface area contributed by atoms with Crippen LogP contribution in [0.15, 0.2) is 24.3 Å². The van der Waals surface area contributed by atoms with E-state index in [2.05, 4.69) is 23.0 Å². The number of hydrogen-bond donors (Lipinski definition) is 2. The maximum absolute atomic E-state index is 11.3. The normalized spacial score (nSPS) is 29.5. The molecule has 2 bridgehead atoms. The lowest BCUT2D eigenvalue weighted by atomic mass is 9.94. The molecule has 0 aromatic heterocycles. The SMILES string of the molecule is C[C@@H](N[C@@H]1C[C@H]2CC[C@H]1C2)c1cccc(NS(C)(=O)=O)c1. The van der Waals surface area contributed by atoms with Crippen LogP contribution < -0.4 is 10.0 Å². The Kier molecular flexibility index (Phi) is 3.97. The van der Waals surface area contributed by atoms with Gasteiger partial charge in [-0.3, -0.25) is 4.72 Å². The van der Waals surface area contributed by atoms with Crippen molar-refractivity contribution in [1.82, 2.24) is 5.32 Å². The lowest BCUT2D eigenvalue weighted by Crippen LogP contribution is -2.35. The molecule has 1 aromatic rings. The Morgan fingerprint density at radius 3 is 2.67 bits per heavy atom. The van der Waals surface area contributed by atoms with Crippen LogP contribution in [0.5, 0.6) is 0 Å². The molecule has 4 atom stereocenters. The van der Waals surface area contributed by atoms with Crippen molar-refractivity contribution < 1.29 is 8.42 Å².